The molecule has 4 N–H and O–H groups in total. The van der Waals surface area contributed by atoms with Crippen LogP contribution in [0.15, 0.2) is 29.4 Å². The number of hydrogen-bond donors (Lipinski definition) is 3. The summed E-state index contributed by atoms with van der Waals surface area (Å²) in [6.07, 6.45) is 3.71. The quantitative estimate of drug-likeness (QED) is 0.566. The van der Waals surface area contributed by atoms with Crippen LogP contribution in [0.4, 0.5) is 4.39 Å². The normalized spacial score (nSPS) is 12.3. The Labute approximate surface area is 124 Å². The van der Waals surface area contributed by atoms with Gasteiger partial charge < -0.3 is 16.0 Å². The lowest BCUT2D eigenvalue weighted by atomic mass is 10.1. The van der Waals surface area contributed by atoms with Crippen LogP contribution in [0.2, 0.25) is 0 Å². The highest BCUT2D eigenvalue weighted by atomic mass is 19.1. The molecule has 0 atom stereocenters. The van der Waals surface area contributed by atoms with E-state index < -0.39 is 0 Å². The van der Waals surface area contributed by atoms with Gasteiger partial charge in [-0.05, 0) is 42.5 Å². The van der Waals surface area contributed by atoms with Gasteiger partial charge in [-0.1, -0.05) is 13.8 Å². The van der Waals surface area contributed by atoms with Gasteiger partial charge in [0.15, 0.2) is 5.96 Å². The first-order valence-corrected chi connectivity index (χ1v) is 7.35. The minimum absolute atomic E-state index is 0.217. The molecule has 2 aromatic rings. The molecular weight excluding hydrogens is 267 g/mol. The highest BCUT2D eigenvalue weighted by Crippen LogP contribution is 2.19. The predicted octanol–water partition coefficient (Wildman–Crippen LogP) is 2.80. The molecule has 5 heteroatoms. The summed E-state index contributed by atoms with van der Waals surface area (Å²) in [6.45, 7) is 5.75. The van der Waals surface area contributed by atoms with Crippen LogP contribution in [-0.2, 0) is 6.42 Å². The maximum atomic E-state index is 13.3. The van der Waals surface area contributed by atoms with Crippen LogP contribution < -0.4 is 11.1 Å². The van der Waals surface area contributed by atoms with Crippen LogP contribution in [0, 0.1) is 11.7 Å². The van der Waals surface area contributed by atoms with E-state index in [1.165, 1.54) is 6.07 Å². The number of aliphatic imine (C=N–C) groups is 1. The molecule has 0 aliphatic rings. The Hall–Kier alpha value is -2.04. The SMILES string of the molecule is CC(C)CCN=C(N)NCCc1c[nH]c2ccc(F)cc12. The highest BCUT2D eigenvalue weighted by Gasteiger charge is 2.04. The Morgan fingerprint density at radius 2 is 2.24 bits per heavy atom. The fraction of sp³-hybridized carbons (Fsp3) is 0.438. The molecule has 0 bridgehead atoms. The zero-order chi connectivity index (χ0) is 15.2. The van der Waals surface area contributed by atoms with Crippen LogP contribution in [0.1, 0.15) is 25.8 Å². The molecule has 0 amide bonds. The number of guanidine groups is 1. The lowest BCUT2D eigenvalue weighted by Gasteiger charge is -2.06. The topological polar surface area (TPSA) is 66.2 Å². The second kappa shape index (κ2) is 7.11. The number of halogens is 1. The third-order valence-corrected chi connectivity index (χ3v) is 3.42. The zero-order valence-corrected chi connectivity index (χ0v) is 12.6. The number of nitrogens with one attached hydrogen (secondary N) is 2. The van der Waals surface area contributed by atoms with E-state index in [4.69, 9.17) is 5.73 Å². The molecule has 4 nitrogen and oxygen atoms in total. The predicted molar refractivity (Wildman–Crippen MR) is 85.9 cm³/mol. The third-order valence-electron chi connectivity index (χ3n) is 3.42. The molecule has 0 saturated heterocycles. The van der Waals surface area contributed by atoms with Gasteiger partial charge in [0, 0.05) is 30.2 Å². The minimum atomic E-state index is -0.217. The summed E-state index contributed by atoms with van der Waals surface area (Å²) in [7, 11) is 0. The fourth-order valence-electron chi connectivity index (χ4n) is 2.18. The van der Waals surface area contributed by atoms with Crippen LogP contribution in [0.25, 0.3) is 10.9 Å². The van der Waals surface area contributed by atoms with E-state index >= 15 is 0 Å². The van der Waals surface area contributed by atoms with Gasteiger partial charge >= 0.3 is 0 Å². The lowest BCUT2D eigenvalue weighted by Crippen LogP contribution is -2.33. The van der Waals surface area contributed by atoms with Crippen LogP contribution in [-0.4, -0.2) is 24.0 Å². The first-order chi connectivity index (χ1) is 10.1. The van der Waals surface area contributed by atoms with E-state index in [0.717, 1.165) is 35.9 Å². The number of nitrogens with zero attached hydrogens (tertiary/aromatic N) is 1. The van der Waals surface area contributed by atoms with E-state index in [2.05, 4.69) is 29.1 Å². The summed E-state index contributed by atoms with van der Waals surface area (Å²) >= 11 is 0. The van der Waals surface area contributed by atoms with Gasteiger partial charge in [0.2, 0.25) is 0 Å². The zero-order valence-electron chi connectivity index (χ0n) is 12.6. The van der Waals surface area contributed by atoms with E-state index in [1.807, 2.05) is 6.20 Å². The van der Waals surface area contributed by atoms with Gasteiger partial charge in [-0.2, -0.15) is 0 Å². The van der Waals surface area contributed by atoms with Crippen molar-refractivity contribution in [2.24, 2.45) is 16.6 Å². The summed E-state index contributed by atoms with van der Waals surface area (Å²) in [5.41, 5.74) is 7.83. The van der Waals surface area contributed by atoms with Crippen LogP contribution >= 0.6 is 0 Å². The van der Waals surface area contributed by atoms with Crippen LogP contribution in [0.3, 0.4) is 0 Å². The summed E-state index contributed by atoms with van der Waals surface area (Å²) in [5, 5.41) is 4.02. The van der Waals surface area contributed by atoms with Crippen molar-refractivity contribution in [3.8, 4) is 0 Å². The van der Waals surface area contributed by atoms with E-state index in [1.54, 1.807) is 12.1 Å². The van der Waals surface area contributed by atoms with Crippen molar-refractivity contribution in [3.05, 3.63) is 35.8 Å². The number of aromatic amines is 1. The van der Waals surface area contributed by atoms with Crippen molar-refractivity contribution in [2.75, 3.05) is 13.1 Å². The summed E-state index contributed by atoms with van der Waals surface area (Å²) in [4.78, 5) is 7.42. The van der Waals surface area contributed by atoms with Gasteiger partial charge in [-0.15, -0.1) is 0 Å². The average Bonchev–Trinajstić information content (AvgIpc) is 2.81. The van der Waals surface area contributed by atoms with E-state index in [-0.39, 0.29) is 5.82 Å². The Balaban J connectivity index is 1.86. The fourth-order valence-corrected chi connectivity index (χ4v) is 2.18. The molecule has 2 rings (SSSR count). The average molecular weight is 290 g/mol. The van der Waals surface area contributed by atoms with Crippen LogP contribution in [0.5, 0.6) is 0 Å². The molecule has 21 heavy (non-hydrogen) atoms. The van der Waals surface area contributed by atoms with Crippen molar-refractivity contribution >= 4 is 16.9 Å². The Bertz CT molecular complexity index is 616. The standard InChI is InChI=1S/C16H23FN4/c1-11(2)5-7-19-16(18)20-8-6-12-10-21-15-4-3-13(17)9-14(12)15/h3-4,9-11,21H,5-8H2,1-2H3,(H3,18,19,20). The number of H-pyrrole nitrogens is 1. The molecule has 1 aromatic heterocycles. The molecule has 0 fully saturated rings. The monoisotopic (exact) mass is 290 g/mol. The molecule has 1 heterocycles. The first-order valence-electron chi connectivity index (χ1n) is 7.35. The van der Waals surface area contributed by atoms with Gasteiger partial charge in [0.1, 0.15) is 5.82 Å². The van der Waals surface area contributed by atoms with Gasteiger partial charge in [0.25, 0.3) is 0 Å². The molecule has 114 valence electrons. The van der Waals surface area contributed by atoms with Crippen molar-refractivity contribution in [1.29, 1.82) is 0 Å². The Kier molecular flexibility index (Phi) is 5.20. The van der Waals surface area contributed by atoms with E-state index in [0.29, 0.717) is 18.4 Å². The number of fused-ring (bicyclic) bond motifs is 1. The number of nitrogens with two attached hydrogens (primary N) is 1. The summed E-state index contributed by atoms with van der Waals surface area (Å²) < 4.78 is 13.3. The number of hydrogen-bond acceptors (Lipinski definition) is 1. The molecule has 0 unspecified atom stereocenters. The number of benzene rings is 1. The Morgan fingerprint density at radius 3 is 3.00 bits per heavy atom. The maximum absolute atomic E-state index is 13.3. The third kappa shape index (κ3) is 4.48. The molecule has 0 saturated carbocycles. The van der Waals surface area contributed by atoms with Gasteiger partial charge in [-0.3, -0.25) is 4.99 Å². The molecule has 0 spiro atoms. The van der Waals surface area contributed by atoms with Gasteiger partial charge in [-0.25, -0.2) is 4.39 Å². The second-order valence-electron chi connectivity index (χ2n) is 5.63. The highest BCUT2D eigenvalue weighted by molar-refractivity contribution is 5.83. The number of rotatable bonds is 6. The molecule has 1 aromatic carbocycles. The van der Waals surface area contributed by atoms with Crippen molar-refractivity contribution in [1.82, 2.24) is 10.3 Å². The summed E-state index contributed by atoms with van der Waals surface area (Å²) in [6, 6.07) is 4.77. The smallest absolute Gasteiger partial charge is 0.188 e. The largest absolute Gasteiger partial charge is 0.370 e. The number of aromatic nitrogens is 1. The van der Waals surface area contributed by atoms with Crippen molar-refractivity contribution in [3.63, 3.8) is 0 Å². The molecule has 0 aliphatic carbocycles. The molecule has 0 aliphatic heterocycles. The van der Waals surface area contributed by atoms with Crippen molar-refractivity contribution < 1.29 is 4.39 Å². The lowest BCUT2D eigenvalue weighted by molar-refractivity contribution is 0.595. The maximum Gasteiger partial charge on any atom is 0.188 e. The molecular formula is C16H23FN4. The summed E-state index contributed by atoms with van der Waals surface area (Å²) in [5.74, 6) is 0.885. The first kappa shape index (κ1) is 15.4. The second-order valence-corrected chi connectivity index (χ2v) is 5.63. The van der Waals surface area contributed by atoms with Gasteiger partial charge in [0.05, 0.1) is 0 Å². The molecule has 0 radical (unpaired) electrons. The van der Waals surface area contributed by atoms with Crippen molar-refractivity contribution in [2.45, 2.75) is 26.7 Å². The minimum Gasteiger partial charge on any atom is -0.370 e. The Morgan fingerprint density at radius 1 is 1.43 bits per heavy atom. The van der Waals surface area contributed by atoms with E-state index in [9.17, 15) is 4.39 Å².